The molecule has 0 unspecified atom stereocenters. The number of aryl methyl sites for hydroxylation is 6. The maximum absolute atomic E-state index is 10.3. The molecule has 17 rings (SSSR count). The van der Waals surface area contributed by atoms with Crippen LogP contribution in [0, 0.1) is 41.5 Å². The predicted octanol–water partition coefficient (Wildman–Crippen LogP) is 41.6. The van der Waals surface area contributed by atoms with Gasteiger partial charge in [0.15, 0.2) is 21.6 Å². The molecule has 0 saturated heterocycles. The van der Waals surface area contributed by atoms with E-state index in [1.807, 2.05) is 43.3 Å². The van der Waals surface area contributed by atoms with Crippen molar-refractivity contribution in [2.75, 3.05) is 19.6 Å². The molecule has 13 aromatic heterocycles. The SMILES string of the molecule is BrB(Br)Br.COc1c2sc(Br)c(Cl)c2c(OC)c2sc(Br)c(Cl)c12.Cc1ccc(Br)s1.Cc1ccc(Oc2c3s[c]([Sn]([CH3])([CH3])[CH3])c(Cl)c3c(Oc3ccc(C)s3)c3sc(C)c(Cl)c23)s1.Cc1ccc(Oc2c3sc(Br)c(Cl)c3c(Oc3ccc(C)s3)c3sc(Br)c(Cl)c23)s1.ClCCl.Oc1c2sc(Br)c(Cl)c2c(O)c2sc(Br)c(Cl)c12. The third kappa shape index (κ3) is 21.5. The first-order valence-corrected chi connectivity index (χ1v) is 64.9. The molecule has 0 bridgehead atoms. The number of thiophene rings is 13. The van der Waals surface area contributed by atoms with E-state index in [4.69, 9.17) is 144 Å². The Bertz CT molecular complexity index is 6200. The molecule has 2 N–H and O–H groups in total. The number of halogens is 20. The largest absolute Gasteiger partial charge is 0.506 e. The smallest absolute Gasteiger partial charge is 0.181 e. The van der Waals surface area contributed by atoms with Crippen LogP contribution in [0.2, 0.25) is 55.0 Å². The molecule has 4 aromatic carbocycles. The van der Waals surface area contributed by atoms with Crippen LogP contribution in [0.25, 0.3) is 80.7 Å². The number of benzene rings is 4. The Morgan fingerprint density at radius 3 is 0.809 bits per heavy atom. The fourth-order valence-electron chi connectivity index (χ4n) is 11.0. The molecule has 0 aliphatic rings. The van der Waals surface area contributed by atoms with E-state index in [1.54, 1.807) is 93.6 Å². The van der Waals surface area contributed by atoms with Crippen LogP contribution in [0.3, 0.4) is 0 Å². The van der Waals surface area contributed by atoms with Gasteiger partial charge in [0, 0.05) is 14.6 Å². The molecule has 0 aliphatic heterocycles. The molecule has 8 nitrogen and oxygen atoms in total. The van der Waals surface area contributed by atoms with E-state index >= 15 is 0 Å². The molecule has 115 heavy (non-hydrogen) atoms. The average Bonchev–Trinajstić information content (AvgIpc) is 1.57. The summed E-state index contributed by atoms with van der Waals surface area (Å²) in [5.41, 5.74) is 0. The first-order chi connectivity index (χ1) is 54.2. The van der Waals surface area contributed by atoms with Crippen LogP contribution in [-0.2, 0) is 0 Å². The van der Waals surface area contributed by atoms with E-state index in [-0.39, 0.29) is 20.0 Å². The van der Waals surface area contributed by atoms with Crippen LogP contribution in [0.4, 0.5) is 0 Å². The standard InChI is InChI=1S/C21H13Cl2O2S4.C20H10Br2Cl2O2S4.C12H6Br2Cl2O2S2.C10H2Br2Cl2O2S2.C5H5BrS.CH2Cl2.3CH3.BBr3.Sn/c1-9-4-6-13(27-9)24-18-15-12(22)8-26-20(15)19(25-14-7-5-10(2)28-14)16-17(23)11(3)29-21(16)18;1-7-3-5-9(27-7)25-15-11-13(23)19(21)30-18(11)16(26-10-6-4-8(2)28-10)12-14(24)20(22)29-17(12)15;1-17-7-3-5(15)11(13)20-10(3)8(18-2)4-6(16)12(14)19-9(4)7;11-9-3(13)1-5(15)8-2(4(14)10(12)18-8)6(16)7(1)17-9;1-4-2-3-5(6)7-4;2-1-3;;;;2-1(3)4;/h4-7H,1-3H3;3-6H,1-2H3;1-2H3;15-16H;2-3H,1H3;1H2;3*1H3;;. The van der Waals surface area contributed by atoms with Crippen molar-refractivity contribution in [2.24, 2.45) is 0 Å². The second-order valence-electron chi connectivity index (χ2n) is 24.4. The van der Waals surface area contributed by atoms with Gasteiger partial charge in [-0.3, -0.25) is 0 Å². The Balaban J connectivity index is 0.000000146. The summed E-state index contributed by atoms with van der Waals surface area (Å²) in [7, 11) is 3.26. The van der Waals surface area contributed by atoms with Crippen LogP contribution in [0.1, 0.15) is 29.3 Å². The van der Waals surface area contributed by atoms with E-state index in [1.165, 1.54) is 99.1 Å². The molecular weight excluding hydrogens is 2690 g/mol. The minimum atomic E-state index is -2.52. The molecule has 0 fully saturated rings. The minimum absolute atomic E-state index is 0.0438. The zero-order valence-corrected chi connectivity index (χ0v) is 96.7. The first-order valence-electron chi connectivity index (χ1n) is 31.9. The maximum atomic E-state index is 10.3. The van der Waals surface area contributed by atoms with Crippen LogP contribution in [0.15, 0.2) is 87.2 Å². The van der Waals surface area contributed by atoms with Gasteiger partial charge in [-0.25, -0.2) is 0 Å². The average molecular weight is 2740 g/mol. The van der Waals surface area contributed by atoms with Gasteiger partial charge in [0.2, 0.25) is 0 Å². The number of hydrogen-bond donors (Lipinski definition) is 2. The van der Waals surface area contributed by atoms with E-state index in [2.05, 4.69) is 232 Å². The summed E-state index contributed by atoms with van der Waals surface area (Å²) in [6, 6.07) is 20.3. The van der Waals surface area contributed by atoms with Crippen LogP contribution in [0.5, 0.6) is 66.2 Å². The van der Waals surface area contributed by atoms with Crippen molar-refractivity contribution < 1.29 is 38.6 Å². The monoisotopic (exact) mass is 2720 g/mol. The number of alkyl halides is 2. The van der Waals surface area contributed by atoms with Crippen molar-refractivity contribution in [2.45, 2.75) is 56.4 Å². The zero-order valence-electron chi connectivity index (χ0n) is 59.8. The summed E-state index contributed by atoms with van der Waals surface area (Å²) < 4.78 is 51.2. The molecule has 0 saturated carbocycles. The molecule has 0 spiro atoms. The van der Waals surface area contributed by atoms with Crippen molar-refractivity contribution in [3.05, 3.63) is 157 Å². The molecule has 43 heteroatoms. The summed E-state index contributed by atoms with van der Waals surface area (Å²) >= 11 is 113. The number of phenolic OH excluding ortho intramolecular Hbond substituents is 2. The Labute approximate surface area is 850 Å². The van der Waals surface area contributed by atoms with Crippen molar-refractivity contribution in [1.29, 1.82) is 0 Å². The Morgan fingerprint density at radius 1 is 0.322 bits per heavy atom. The molecule has 13 heterocycles. The molecule has 0 amide bonds. The quantitative estimate of drug-likeness (QED) is 0.0751. The normalized spacial score (nSPS) is 11.4. The number of fused-ring (bicyclic) bond motifs is 8. The summed E-state index contributed by atoms with van der Waals surface area (Å²) in [5.74, 6) is 4.51. The van der Waals surface area contributed by atoms with E-state index in [0.717, 1.165) is 134 Å². The molecule has 0 aliphatic carbocycles. The molecule has 0 atom stereocenters. The second-order valence-corrected chi connectivity index (χ2v) is 73.9. The van der Waals surface area contributed by atoms with Gasteiger partial charge < -0.3 is 29.2 Å². The third-order valence-electron chi connectivity index (χ3n) is 15.7. The summed E-state index contributed by atoms with van der Waals surface area (Å²) in [5, 5.41) is 35.0. The van der Waals surface area contributed by atoms with Crippen LogP contribution < -0.4 is 31.3 Å². The van der Waals surface area contributed by atoms with Gasteiger partial charge >= 0.3 is 229 Å². The Kier molecular flexibility index (Phi) is 35.7. The van der Waals surface area contributed by atoms with Crippen molar-refractivity contribution in [3.63, 3.8) is 0 Å². The van der Waals surface area contributed by atoms with E-state index in [9.17, 15) is 10.2 Å². The Morgan fingerprint density at radius 2 is 0.557 bits per heavy atom. The summed E-state index contributed by atoms with van der Waals surface area (Å²) in [6.45, 7) is 12.4. The zero-order chi connectivity index (χ0) is 84.2. The van der Waals surface area contributed by atoms with Gasteiger partial charge in [0.25, 0.3) is 0 Å². The predicted molar refractivity (Wildman–Crippen MR) is 562 cm³/mol. The number of phenols is 2. The summed E-state index contributed by atoms with van der Waals surface area (Å²) in [4.78, 5) is 14.3. The van der Waals surface area contributed by atoms with Crippen molar-refractivity contribution in [1.82, 2.24) is 0 Å². The van der Waals surface area contributed by atoms with Gasteiger partial charge in [-0.15, -0.1) is 173 Å². The van der Waals surface area contributed by atoms with Gasteiger partial charge in [-0.1, -0.05) is 69.6 Å². The molecule has 17 aromatic rings. The van der Waals surface area contributed by atoms with Gasteiger partial charge in [0.05, 0.1) is 137 Å². The molecule has 0 radical (unpaired) electrons. The minimum Gasteiger partial charge on any atom is -0.506 e. The fourth-order valence-corrected chi connectivity index (χ4v) is 37.6. The van der Waals surface area contributed by atoms with Crippen molar-refractivity contribution >= 4 is 527 Å². The van der Waals surface area contributed by atoms with Gasteiger partial charge in [0.1, 0.15) is 23.0 Å². The van der Waals surface area contributed by atoms with Crippen LogP contribution >= 0.6 is 422 Å². The number of hydrogen-bond acceptors (Lipinski definition) is 21. The number of rotatable bonds is 11. The maximum Gasteiger partial charge on any atom is 0.181 e. The van der Waals surface area contributed by atoms with Gasteiger partial charge in [-0.05, 0) is 169 Å². The fraction of sp³-hybridized carbons (Fsp3) is 0.167. The third-order valence-corrected chi connectivity index (χ3v) is 49.4. The van der Waals surface area contributed by atoms with E-state index in [0.29, 0.717) is 69.4 Å². The van der Waals surface area contributed by atoms with Crippen molar-refractivity contribution in [3.8, 4) is 66.2 Å². The molecular formula is C72H47BBr10Cl10O8S13Sn. The number of aromatic hydroxyl groups is 2. The number of methoxy groups -OCH3 is 2. The topological polar surface area (TPSA) is 95.8 Å². The summed E-state index contributed by atoms with van der Waals surface area (Å²) in [6.07, 6.45) is 0. The number of ether oxygens (including phenoxy) is 6. The first kappa shape index (κ1) is 97.6. The van der Waals surface area contributed by atoms with Crippen LogP contribution in [-0.4, -0.2) is 51.3 Å². The van der Waals surface area contributed by atoms with E-state index < -0.39 is 18.4 Å². The molecule has 608 valence electrons. The van der Waals surface area contributed by atoms with Gasteiger partial charge in [-0.2, -0.15) is 0 Å². The second kappa shape index (κ2) is 42.1. The Hall–Kier alpha value is 2.02.